The first-order chi connectivity index (χ1) is 13.7. The third-order valence-electron chi connectivity index (χ3n) is 6.00. The van der Waals surface area contributed by atoms with E-state index in [0.717, 1.165) is 63.4 Å². The van der Waals surface area contributed by atoms with Gasteiger partial charge in [0.15, 0.2) is 12.3 Å². The minimum atomic E-state index is -0.483. The molecule has 1 aromatic rings. The largest absolute Gasteiger partial charge is 0.597 e. The fourth-order valence-electron chi connectivity index (χ4n) is 4.33. The van der Waals surface area contributed by atoms with Crippen LogP contribution in [0.2, 0.25) is 0 Å². The van der Waals surface area contributed by atoms with Gasteiger partial charge < -0.3 is 14.5 Å². The second-order valence-electron chi connectivity index (χ2n) is 9.60. The molecule has 5 nitrogen and oxygen atoms in total. The van der Waals surface area contributed by atoms with Gasteiger partial charge in [-0.2, -0.15) is 4.79 Å². The molecule has 2 aliphatic rings. The average molecular weight is 401 g/mol. The van der Waals surface area contributed by atoms with Crippen molar-refractivity contribution in [2.75, 3.05) is 44.2 Å². The lowest BCUT2D eigenvalue weighted by molar-refractivity contribution is -0.463. The van der Waals surface area contributed by atoms with Crippen LogP contribution in [0.1, 0.15) is 58.6 Å². The number of nitrogens with zero attached hydrogens (tertiary/aromatic N) is 3. The first-order valence-corrected chi connectivity index (χ1v) is 11.1. The third kappa shape index (κ3) is 5.39. The molecule has 0 aliphatic carbocycles. The molecule has 1 amide bonds. The number of hydrogen-bond donors (Lipinski definition) is 0. The number of ether oxygens (including phenoxy) is 1. The van der Waals surface area contributed by atoms with Crippen molar-refractivity contribution in [3.63, 3.8) is 0 Å². The van der Waals surface area contributed by atoms with Gasteiger partial charge >= 0.3 is 6.09 Å². The van der Waals surface area contributed by atoms with E-state index in [2.05, 4.69) is 48.8 Å². The van der Waals surface area contributed by atoms with Crippen LogP contribution in [0.15, 0.2) is 18.2 Å². The Morgan fingerprint density at radius 2 is 1.90 bits per heavy atom. The normalized spacial score (nSPS) is 21.4. The molecule has 0 aromatic heterocycles. The molecule has 0 bridgehead atoms. The number of likely N-dealkylation sites (N-methyl/N-ethyl adjacent to an activating group) is 1. The zero-order valence-corrected chi connectivity index (χ0v) is 19.1. The van der Waals surface area contributed by atoms with E-state index >= 15 is 0 Å². The van der Waals surface area contributed by atoms with Gasteiger partial charge in [0.1, 0.15) is 5.60 Å². The summed E-state index contributed by atoms with van der Waals surface area (Å²) in [5.41, 5.74) is 4.36. The number of amides is 1. The Kier molecular flexibility index (Phi) is 6.67. The minimum Gasteiger partial charge on any atom is -0.406 e. The van der Waals surface area contributed by atoms with Crippen LogP contribution in [0.3, 0.4) is 0 Å². The zero-order valence-electron chi connectivity index (χ0n) is 19.1. The van der Waals surface area contributed by atoms with Gasteiger partial charge in [0, 0.05) is 49.8 Å². The molecule has 0 radical (unpaired) electrons. The van der Waals surface area contributed by atoms with E-state index in [-0.39, 0.29) is 6.09 Å². The number of rotatable bonds is 3. The molecule has 0 saturated carbocycles. The maximum Gasteiger partial charge on any atom is 0.597 e. The molecule has 2 aliphatic heterocycles. The molecule has 1 saturated heterocycles. The van der Waals surface area contributed by atoms with Crippen molar-refractivity contribution in [1.29, 1.82) is 0 Å². The predicted octanol–water partition coefficient (Wildman–Crippen LogP) is 4.30. The maximum atomic E-state index is 12.9. The Morgan fingerprint density at radius 3 is 2.48 bits per heavy atom. The number of piperazine rings is 1. The Hall–Kier alpha value is -1.88. The van der Waals surface area contributed by atoms with Crippen molar-refractivity contribution in [3.05, 3.63) is 29.3 Å². The summed E-state index contributed by atoms with van der Waals surface area (Å²) in [4.78, 5) is 17.9. The highest BCUT2D eigenvalue weighted by molar-refractivity contribution is 5.99. The van der Waals surface area contributed by atoms with Gasteiger partial charge in [0.05, 0.1) is 0 Å². The van der Waals surface area contributed by atoms with E-state index in [1.165, 1.54) is 11.3 Å². The topological polar surface area (TPSA) is 35.8 Å². The number of carbonyl (C=O) groups is 1. The van der Waals surface area contributed by atoms with E-state index in [4.69, 9.17) is 4.74 Å². The lowest BCUT2D eigenvalue weighted by atomic mass is 9.93. The molecule has 0 spiro atoms. The van der Waals surface area contributed by atoms with Gasteiger partial charge in [-0.05, 0) is 64.4 Å². The lowest BCUT2D eigenvalue weighted by Crippen LogP contribution is -2.46. The summed E-state index contributed by atoms with van der Waals surface area (Å²) >= 11 is 0. The van der Waals surface area contributed by atoms with Crippen LogP contribution >= 0.6 is 0 Å². The summed E-state index contributed by atoms with van der Waals surface area (Å²) in [5.74, 6) is 0.487. The molecule has 160 valence electrons. The predicted molar refractivity (Wildman–Crippen MR) is 119 cm³/mol. The van der Waals surface area contributed by atoms with Crippen LogP contribution in [0.25, 0.3) is 0 Å². The van der Waals surface area contributed by atoms with E-state index < -0.39 is 5.60 Å². The maximum absolute atomic E-state index is 12.9. The minimum absolute atomic E-state index is 0.225. The molecule has 1 fully saturated rings. The van der Waals surface area contributed by atoms with Gasteiger partial charge in [-0.15, -0.1) is 4.58 Å². The monoisotopic (exact) mass is 400 g/mol. The summed E-state index contributed by atoms with van der Waals surface area (Å²) in [6.07, 6.45) is 1.79. The van der Waals surface area contributed by atoms with Crippen LogP contribution in [-0.4, -0.2) is 66.1 Å². The van der Waals surface area contributed by atoms with Gasteiger partial charge in [-0.1, -0.05) is 13.8 Å². The molecule has 3 rings (SSSR count). The Labute approximate surface area is 176 Å². The molecule has 1 atom stereocenters. The van der Waals surface area contributed by atoms with Gasteiger partial charge in [0.2, 0.25) is 0 Å². The summed E-state index contributed by atoms with van der Waals surface area (Å²) in [5, 5.41) is 0. The molecule has 2 heterocycles. The van der Waals surface area contributed by atoms with Crippen molar-refractivity contribution in [3.8, 4) is 0 Å². The molecular formula is C24H38N3O2+. The molecule has 0 N–H and O–H groups in total. The van der Waals surface area contributed by atoms with Crippen molar-refractivity contribution in [2.24, 2.45) is 5.92 Å². The van der Waals surface area contributed by atoms with Gasteiger partial charge in [0.25, 0.3) is 0 Å². The number of aryl methyl sites for hydroxylation is 1. The van der Waals surface area contributed by atoms with Crippen molar-refractivity contribution in [1.82, 2.24) is 4.90 Å². The number of benzene rings is 1. The second-order valence-corrected chi connectivity index (χ2v) is 9.60. The number of carbonyl (C=O) groups excluding carboxylic acids is 1. The molecule has 29 heavy (non-hydrogen) atoms. The van der Waals surface area contributed by atoms with Crippen molar-refractivity contribution in [2.45, 2.75) is 60.0 Å². The summed E-state index contributed by atoms with van der Waals surface area (Å²) in [6.45, 7) is 18.7. The quantitative estimate of drug-likeness (QED) is 0.709. The Morgan fingerprint density at radius 1 is 1.21 bits per heavy atom. The lowest BCUT2D eigenvalue weighted by Gasteiger charge is -2.36. The summed E-state index contributed by atoms with van der Waals surface area (Å²) < 4.78 is 7.57. The Bertz CT molecular complexity index is 771. The average Bonchev–Trinajstić information content (AvgIpc) is 2.66. The zero-order chi connectivity index (χ0) is 21.2. The molecule has 5 heteroatoms. The van der Waals surface area contributed by atoms with Crippen LogP contribution in [0, 0.1) is 12.8 Å². The highest BCUT2D eigenvalue weighted by Crippen LogP contribution is 2.26. The van der Waals surface area contributed by atoms with Crippen molar-refractivity contribution >= 4 is 17.5 Å². The van der Waals surface area contributed by atoms with E-state index in [9.17, 15) is 4.79 Å². The standard InChI is InChI=1S/C24H38N3O2/c1-7-25-12-14-26(15-13-25)21-11-9-20(16-19(21)3)22-10-8-18(2)17-27(22)23(28)29-24(4,5)6/h9,11,16,18H,7-8,10,12-15,17H2,1-6H3/q+1/t18-/m0/s1. The molecule has 0 unspecified atom stereocenters. The smallest absolute Gasteiger partial charge is 0.406 e. The fraction of sp³-hybridized carbons (Fsp3) is 0.667. The second kappa shape index (κ2) is 8.86. The van der Waals surface area contributed by atoms with E-state index in [1.54, 1.807) is 0 Å². The van der Waals surface area contributed by atoms with Gasteiger partial charge in [-0.3, -0.25) is 0 Å². The SMILES string of the molecule is CCN1CCN(c2ccc(C3=[N+](C(=O)OC(C)(C)C)C[C@@H](C)CC3)cc2C)CC1. The van der Waals surface area contributed by atoms with Crippen LogP contribution < -0.4 is 4.90 Å². The van der Waals surface area contributed by atoms with Gasteiger partial charge in [-0.25, -0.2) is 0 Å². The van der Waals surface area contributed by atoms with E-state index in [0.29, 0.717) is 5.92 Å². The fourth-order valence-corrected chi connectivity index (χ4v) is 4.33. The summed E-state index contributed by atoms with van der Waals surface area (Å²) in [7, 11) is 0. The van der Waals surface area contributed by atoms with Crippen LogP contribution in [-0.2, 0) is 4.74 Å². The number of anilines is 1. The first kappa shape index (κ1) is 21.8. The van der Waals surface area contributed by atoms with Crippen LogP contribution in [0.4, 0.5) is 10.5 Å². The molecule has 1 aromatic carbocycles. The highest BCUT2D eigenvalue weighted by Gasteiger charge is 2.35. The third-order valence-corrected chi connectivity index (χ3v) is 6.00. The number of hydrogen-bond acceptors (Lipinski definition) is 4. The highest BCUT2D eigenvalue weighted by atomic mass is 16.6. The summed E-state index contributed by atoms with van der Waals surface area (Å²) in [6, 6.07) is 6.69. The van der Waals surface area contributed by atoms with E-state index in [1.807, 2.05) is 25.3 Å². The molecular weight excluding hydrogens is 362 g/mol. The Balaban J connectivity index is 1.86. The first-order valence-electron chi connectivity index (χ1n) is 11.1. The van der Waals surface area contributed by atoms with Crippen LogP contribution in [0.5, 0.6) is 0 Å². The van der Waals surface area contributed by atoms with Crippen molar-refractivity contribution < 1.29 is 14.1 Å².